The summed E-state index contributed by atoms with van der Waals surface area (Å²) < 4.78 is 39.7. The van der Waals surface area contributed by atoms with Crippen molar-refractivity contribution >= 4 is 21.6 Å². The van der Waals surface area contributed by atoms with Crippen LogP contribution in [0.5, 0.6) is 0 Å². The Morgan fingerprint density at radius 3 is 2.35 bits per heavy atom. The largest absolute Gasteiger partial charge is 0.243 e. The summed E-state index contributed by atoms with van der Waals surface area (Å²) >= 11 is 5.57. The molecular formula is C11H15ClFNO2S. The third kappa shape index (κ3) is 3.66. The summed E-state index contributed by atoms with van der Waals surface area (Å²) in [5.74, 6) is -0.721. The van der Waals surface area contributed by atoms with E-state index in [4.69, 9.17) is 11.6 Å². The van der Waals surface area contributed by atoms with Crippen LogP contribution in [0.4, 0.5) is 4.39 Å². The van der Waals surface area contributed by atoms with Gasteiger partial charge in [0.2, 0.25) is 10.0 Å². The summed E-state index contributed by atoms with van der Waals surface area (Å²) in [6, 6.07) is 3.22. The van der Waals surface area contributed by atoms with Crippen molar-refractivity contribution in [2.45, 2.75) is 31.7 Å². The number of rotatable bonds is 4. The van der Waals surface area contributed by atoms with Crippen molar-refractivity contribution in [1.82, 2.24) is 4.72 Å². The van der Waals surface area contributed by atoms with E-state index in [-0.39, 0.29) is 21.9 Å². The fourth-order valence-corrected chi connectivity index (χ4v) is 2.75. The smallest absolute Gasteiger partial charge is 0.208 e. The highest BCUT2D eigenvalue weighted by atomic mass is 35.5. The molecule has 1 rings (SSSR count). The van der Waals surface area contributed by atoms with Gasteiger partial charge < -0.3 is 0 Å². The first kappa shape index (κ1) is 14.4. The van der Waals surface area contributed by atoms with Crippen LogP contribution in [0.1, 0.15) is 20.8 Å². The lowest BCUT2D eigenvalue weighted by Gasteiger charge is -2.17. The summed E-state index contributed by atoms with van der Waals surface area (Å²) in [5, 5.41) is 0.165. The normalized spacial score (nSPS) is 14.0. The molecule has 0 bridgehead atoms. The molecule has 0 amide bonds. The molecular weight excluding hydrogens is 265 g/mol. The van der Waals surface area contributed by atoms with Crippen LogP contribution in [0.15, 0.2) is 23.1 Å². The summed E-state index contributed by atoms with van der Waals surface area (Å²) in [6.07, 6.45) is 0. The number of halogens is 2. The van der Waals surface area contributed by atoms with Crippen molar-refractivity contribution in [2.75, 3.05) is 0 Å². The fraction of sp³-hybridized carbons (Fsp3) is 0.455. The molecule has 1 atom stereocenters. The van der Waals surface area contributed by atoms with Crippen LogP contribution in [0.3, 0.4) is 0 Å². The molecule has 0 fully saturated rings. The quantitative estimate of drug-likeness (QED) is 0.921. The van der Waals surface area contributed by atoms with Crippen molar-refractivity contribution in [3.8, 4) is 0 Å². The molecule has 1 aromatic rings. The van der Waals surface area contributed by atoms with Crippen LogP contribution in [-0.2, 0) is 10.0 Å². The van der Waals surface area contributed by atoms with E-state index in [0.29, 0.717) is 0 Å². The lowest BCUT2D eigenvalue weighted by Crippen LogP contribution is -2.36. The van der Waals surface area contributed by atoms with Gasteiger partial charge in [0.05, 0.1) is 0 Å². The minimum absolute atomic E-state index is 0.125. The van der Waals surface area contributed by atoms with Gasteiger partial charge in [-0.1, -0.05) is 25.4 Å². The van der Waals surface area contributed by atoms with E-state index < -0.39 is 15.8 Å². The molecule has 1 aromatic carbocycles. The molecule has 0 heterocycles. The molecule has 0 saturated heterocycles. The number of benzene rings is 1. The Hall–Kier alpha value is -0.650. The lowest BCUT2D eigenvalue weighted by molar-refractivity contribution is 0.473. The summed E-state index contributed by atoms with van der Waals surface area (Å²) in [4.78, 5) is -0.380. The SMILES string of the molecule is CC(C)[C@H](C)NS(=O)(=O)c1ccc(Cl)cc1F. The van der Waals surface area contributed by atoms with E-state index in [0.717, 1.165) is 12.1 Å². The van der Waals surface area contributed by atoms with Gasteiger partial charge in [-0.25, -0.2) is 17.5 Å². The van der Waals surface area contributed by atoms with Crippen molar-refractivity contribution < 1.29 is 12.8 Å². The molecule has 6 heteroatoms. The maximum atomic E-state index is 13.5. The van der Waals surface area contributed by atoms with E-state index in [1.807, 2.05) is 13.8 Å². The highest BCUT2D eigenvalue weighted by Gasteiger charge is 2.22. The van der Waals surface area contributed by atoms with Crippen molar-refractivity contribution in [3.63, 3.8) is 0 Å². The Kier molecular flexibility index (Phi) is 4.52. The van der Waals surface area contributed by atoms with Crippen LogP contribution in [0.2, 0.25) is 5.02 Å². The van der Waals surface area contributed by atoms with E-state index in [1.54, 1.807) is 6.92 Å². The first-order valence-corrected chi connectivity index (χ1v) is 7.07. The molecule has 1 N–H and O–H groups in total. The molecule has 17 heavy (non-hydrogen) atoms. The minimum atomic E-state index is -3.84. The number of sulfonamides is 1. The van der Waals surface area contributed by atoms with Crippen LogP contribution < -0.4 is 4.72 Å². The zero-order valence-corrected chi connectivity index (χ0v) is 11.4. The highest BCUT2D eigenvalue weighted by Crippen LogP contribution is 2.19. The number of hydrogen-bond acceptors (Lipinski definition) is 2. The van der Waals surface area contributed by atoms with Gasteiger partial charge >= 0.3 is 0 Å². The molecule has 0 unspecified atom stereocenters. The van der Waals surface area contributed by atoms with Crippen LogP contribution in [0, 0.1) is 11.7 Å². The minimum Gasteiger partial charge on any atom is -0.208 e. The predicted octanol–water partition coefficient (Wildman–Crippen LogP) is 2.80. The Balaban J connectivity index is 3.06. The van der Waals surface area contributed by atoms with Gasteiger partial charge in [0.15, 0.2) is 0 Å². The van der Waals surface area contributed by atoms with Crippen LogP contribution in [-0.4, -0.2) is 14.5 Å². The van der Waals surface area contributed by atoms with E-state index in [1.165, 1.54) is 6.07 Å². The average Bonchev–Trinajstić information content (AvgIpc) is 2.15. The van der Waals surface area contributed by atoms with Gasteiger partial charge in [0.1, 0.15) is 10.7 Å². The standard InChI is InChI=1S/C11H15ClFNO2S/c1-7(2)8(3)14-17(15,16)11-5-4-9(12)6-10(11)13/h4-8,14H,1-3H3/t8-/m0/s1. The van der Waals surface area contributed by atoms with Gasteiger partial charge in [-0.2, -0.15) is 0 Å². The zero-order chi connectivity index (χ0) is 13.2. The fourth-order valence-electron chi connectivity index (χ4n) is 1.14. The van der Waals surface area contributed by atoms with Gasteiger partial charge in [-0.05, 0) is 31.0 Å². The Morgan fingerprint density at radius 2 is 1.88 bits per heavy atom. The summed E-state index contributed by atoms with van der Waals surface area (Å²) in [6.45, 7) is 5.49. The molecule has 0 aromatic heterocycles. The number of hydrogen-bond donors (Lipinski definition) is 1. The summed E-state index contributed by atoms with van der Waals surface area (Å²) in [7, 11) is -3.84. The van der Waals surface area contributed by atoms with Crippen molar-refractivity contribution in [1.29, 1.82) is 0 Å². The maximum absolute atomic E-state index is 13.5. The molecule has 0 spiro atoms. The molecule has 96 valence electrons. The van der Waals surface area contributed by atoms with Crippen molar-refractivity contribution in [2.24, 2.45) is 5.92 Å². The number of nitrogens with one attached hydrogen (secondary N) is 1. The predicted molar refractivity (Wildman–Crippen MR) is 66.0 cm³/mol. The second-order valence-corrected chi connectivity index (χ2v) is 6.35. The van der Waals surface area contributed by atoms with Crippen LogP contribution >= 0.6 is 11.6 Å². The van der Waals surface area contributed by atoms with Gasteiger partial charge in [-0.3, -0.25) is 0 Å². The Labute approximate surface area is 106 Å². The molecule has 0 aliphatic heterocycles. The topological polar surface area (TPSA) is 46.2 Å². The monoisotopic (exact) mass is 279 g/mol. The van der Waals surface area contributed by atoms with Gasteiger partial charge in [-0.15, -0.1) is 0 Å². The molecule has 0 saturated carbocycles. The van der Waals surface area contributed by atoms with Gasteiger partial charge in [0, 0.05) is 11.1 Å². The summed E-state index contributed by atoms with van der Waals surface area (Å²) in [5.41, 5.74) is 0. The van der Waals surface area contributed by atoms with E-state index in [2.05, 4.69) is 4.72 Å². The second-order valence-electron chi connectivity index (χ2n) is 4.23. The van der Waals surface area contributed by atoms with Crippen molar-refractivity contribution in [3.05, 3.63) is 29.0 Å². The van der Waals surface area contributed by atoms with E-state index >= 15 is 0 Å². The molecule has 3 nitrogen and oxygen atoms in total. The Bertz CT molecular complexity index is 502. The molecule has 0 radical (unpaired) electrons. The lowest BCUT2D eigenvalue weighted by atomic mass is 10.1. The second kappa shape index (κ2) is 5.33. The first-order valence-electron chi connectivity index (χ1n) is 5.21. The maximum Gasteiger partial charge on any atom is 0.243 e. The zero-order valence-electron chi connectivity index (χ0n) is 9.87. The Morgan fingerprint density at radius 1 is 1.29 bits per heavy atom. The third-order valence-electron chi connectivity index (χ3n) is 2.52. The third-order valence-corrected chi connectivity index (χ3v) is 4.35. The average molecular weight is 280 g/mol. The molecule has 0 aliphatic carbocycles. The molecule has 0 aliphatic rings. The first-order chi connectivity index (χ1) is 7.74. The van der Waals surface area contributed by atoms with Crippen LogP contribution in [0.25, 0.3) is 0 Å². The van der Waals surface area contributed by atoms with E-state index in [9.17, 15) is 12.8 Å². The highest BCUT2D eigenvalue weighted by molar-refractivity contribution is 7.89. The van der Waals surface area contributed by atoms with Gasteiger partial charge in [0.25, 0.3) is 0 Å².